The van der Waals surface area contributed by atoms with E-state index in [4.69, 9.17) is 21.3 Å². The van der Waals surface area contributed by atoms with Crippen molar-refractivity contribution >= 4 is 27.7 Å². The number of halogens is 1. The van der Waals surface area contributed by atoms with Gasteiger partial charge in [-0.2, -0.15) is 0 Å². The van der Waals surface area contributed by atoms with Gasteiger partial charge in [0, 0.05) is 34.5 Å². The molecule has 4 rings (SSSR count). The van der Waals surface area contributed by atoms with Crippen molar-refractivity contribution < 1.29 is 17.9 Å². The number of sulfonamides is 1. The van der Waals surface area contributed by atoms with E-state index in [-0.39, 0.29) is 11.5 Å². The van der Waals surface area contributed by atoms with Crippen molar-refractivity contribution in [2.24, 2.45) is 0 Å². The average molecular weight is 510 g/mol. The van der Waals surface area contributed by atoms with Crippen molar-refractivity contribution in [2.45, 2.75) is 25.2 Å². The Bertz CT molecular complexity index is 1450. The highest BCUT2D eigenvalue weighted by atomic mass is 35.5. The van der Waals surface area contributed by atoms with Crippen molar-refractivity contribution in [3.05, 3.63) is 89.8 Å². The van der Waals surface area contributed by atoms with E-state index in [0.717, 1.165) is 29.2 Å². The largest absolute Gasteiger partial charge is 0.449 e. The second kappa shape index (κ2) is 10.3. The number of rotatable bonds is 7. The van der Waals surface area contributed by atoms with Crippen LogP contribution in [0.3, 0.4) is 0 Å². The Morgan fingerprint density at radius 2 is 1.71 bits per heavy atom. The summed E-state index contributed by atoms with van der Waals surface area (Å²) in [6.07, 6.45) is 1.69. The molecule has 0 atom stereocenters. The highest BCUT2D eigenvalue weighted by molar-refractivity contribution is 7.90. The quantitative estimate of drug-likeness (QED) is 0.337. The molecule has 0 unspecified atom stereocenters. The molecule has 7 nitrogen and oxygen atoms in total. The van der Waals surface area contributed by atoms with Crippen LogP contribution in [-0.4, -0.2) is 30.7 Å². The van der Waals surface area contributed by atoms with Crippen LogP contribution in [0, 0.1) is 0 Å². The fourth-order valence-corrected chi connectivity index (χ4v) is 5.00. The van der Waals surface area contributed by atoms with Crippen LogP contribution in [0.5, 0.6) is 0 Å². The van der Waals surface area contributed by atoms with E-state index in [1.165, 1.54) is 12.1 Å². The Balaban J connectivity index is 1.71. The molecular formula is C26H24ClN3O4S. The van der Waals surface area contributed by atoms with Crippen LogP contribution < -0.4 is 4.72 Å². The van der Waals surface area contributed by atoms with Crippen LogP contribution >= 0.6 is 11.6 Å². The molecule has 1 amide bonds. The molecule has 180 valence electrons. The number of hydrogen-bond donors (Lipinski definition) is 1. The lowest BCUT2D eigenvalue weighted by molar-refractivity contribution is 0.158. The molecule has 35 heavy (non-hydrogen) atoms. The fourth-order valence-electron chi connectivity index (χ4n) is 3.73. The Hall–Kier alpha value is -3.62. The Kier molecular flexibility index (Phi) is 7.23. The summed E-state index contributed by atoms with van der Waals surface area (Å²) in [5.74, 6) is 0.904. The van der Waals surface area contributed by atoms with Gasteiger partial charge in [-0.1, -0.05) is 61.0 Å². The van der Waals surface area contributed by atoms with Gasteiger partial charge in [0.05, 0.1) is 17.2 Å². The van der Waals surface area contributed by atoms with E-state index < -0.39 is 16.1 Å². The van der Waals surface area contributed by atoms with E-state index >= 15 is 0 Å². The van der Waals surface area contributed by atoms with Gasteiger partial charge in [0.15, 0.2) is 0 Å². The summed E-state index contributed by atoms with van der Waals surface area (Å²) >= 11 is 6.18. The van der Waals surface area contributed by atoms with Crippen molar-refractivity contribution in [2.75, 3.05) is 6.61 Å². The third kappa shape index (κ3) is 5.39. The molecule has 0 aliphatic carbocycles. The number of imidazole rings is 1. The first kappa shape index (κ1) is 24.5. The third-order valence-electron chi connectivity index (χ3n) is 5.35. The number of carbonyl (C=O) groups is 1. The molecule has 0 fully saturated rings. The summed E-state index contributed by atoms with van der Waals surface area (Å²) in [7, 11) is -4.18. The number of carbonyl (C=O) groups excluding carboxylic acids is 1. The van der Waals surface area contributed by atoms with Crippen LogP contribution in [0.25, 0.3) is 28.1 Å². The zero-order chi connectivity index (χ0) is 25.0. The Morgan fingerprint density at radius 3 is 2.37 bits per heavy atom. The number of benzene rings is 3. The lowest BCUT2D eigenvalue weighted by atomic mass is 10.1. The highest BCUT2D eigenvalue weighted by Gasteiger charge is 2.23. The van der Waals surface area contributed by atoms with Crippen LogP contribution in [0.2, 0.25) is 5.02 Å². The van der Waals surface area contributed by atoms with Gasteiger partial charge in [-0.05, 0) is 42.8 Å². The van der Waals surface area contributed by atoms with E-state index in [1.54, 1.807) is 13.0 Å². The molecule has 0 aliphatic heterocycles. The maximum atomic E-state index is 12.9. The summed E-state index contributed by atoms with van der Waals surface area (Å²) in [4.78, 5) is 16.5. The number of ether oxygens (including phenoxy) is 1. The lowest BCUT2D eigenvalue weighted by Crippen LogP contribution is -2.31. The average Bonchev–Trinajstić information content (AvgIpc) is 3.29. The second-order valence-corrected chi connectivity index (χ2v) is 9.73. The van der Waals surface area contributed by atoms with E-state index in [0.29, 0.717) is 16.1 Å². The van der Waals surface area contributed by atoms with Crippen molar-refractivity contribution in [1.29, 1.82) is 0 Å². The molecule has 3 aromatic carbocycles. The molecule has 0 aliphatic rings. The van der Waals surface area contributed by atoms with Crippen LogP contribution in [0.4, 0.5) is 4.79 Å². The summed E-state index contributed by atoms with van der Waals surface area (Å²) in [6.45, 7) is 3.69. The first-order valence-electron chi connectivity index (χ1n) is 11.1. The smallest absolute Gasteiger partial charge is 0.421 e. The minimum atomic E-state index is -4.18. The van der Waals surface area contributed by atoms with Crippen molar-refractivity contribution in [3.63, 3.8) is 0 Å². The Labute approximate surface area is 209 Å². The molecule has 0 saturated heterocycles. The van der Waals surface area contributed by atoms with Gasteiger partial charge in [-0.25, -0.2) is 22.9 Å². The molecule has 0 saturated carbocycles. The normalized spacial score (nSPS) is 11.3. The zero-order valence-electron chi connectivity index (χ0n) is 19.2. The van der Waals surface area contributed by atoms with Gasteiger partial charge in [0.25, 0.3) is 10.0 Å². The number of amides is 1. The topological polar surface area (TPSA) is 90.3 Å². The van der Waals surface area contributed by atoms with E-state index in [2.05, 4.69) is 0 Å². The van der Waals surface area contributed by atoms with E-state index in [1.807, 2.05) is 77.0 Å². The number of aryl methyl sites for hydroxylation is 1. The first-order valence-corrected chi connectivity index (χ1v) is 12.9. The lowest BCUT2D eigenvalue weighted by Gasteiger charge is -2.13. The predicted molar refractivity (Wildman–Crippen MR) is 136 cm³/mol. The van der Waals surface area contributed by atoms with Crippen LogP contribution in [0.1, 0.15) is 19.7 Å². The molecule has 1 heterocycles. The monoisotopic (exact) mass is 509 g/mol. The van der Waals surface area contributed by atoms with Gasteiger partial charge in [0.1, 0.15) is 5.82 Å². The summed E-state index contributed by atoms with van der Waals surface area (Å²) in [5, 5.41) is 0.370. The molecule has 0 radical (unpaired) electrons. The maximum Gasteiger partial charge on any atom is 0.421 e. The molecule has 4 aromatic rings. The standard InChI is InChI=1S/C26H24ClN3O4S/c1-3-25-28-23(19-8-6-5-7-9-19)17-30(25)21-13-10-18(11-14-21)22-16-20(27)12-15-24(22)35(32,33)29-26(31)34-4-2/h5-17H,3-4H2,1-2H3,(H,29,31). The van der Waals surface area contributed by atoms with E-state index in [9.17, 15) is 13.2 Å². The first-order chi connectivity index (χ1) is 16.8. The summed E-state index contributed by atoms with van der Waals surface area (Å²) in [5.41, 5.74) is 3.78. The predicted octanol–water partition coefficient (Wildman–Crippen LogP) is 5.86. The summed E-state index contributed by atoms with van der Waals surface area (Å²) in [6, 6.07) is 21.7. The minimum Gasteiger partial charge on any atom is -0.449 e. The molecule has 1 aromatic heterocycles. The summed E-state index contributed by atoms with van der Waals surface area (Å²) < 4.78 is 34.4. The van der Waals surface area contributed by atoms with Crippen LogP contribution in [-0.2, 0) is 21.2 Å². The minimum absolute atomic E-state index is 0.0519. The SMILES string of the molecule is CCOC(=O)NS(=O)(=O)c1ccc(Cl)cc1-c1ccc(-n2cc(-c3ccccc3)nc2CC)cc1. The number of aromatic nitrogens is 2. The van der Waals surface area contributed by atoms with Crippen molar-refractivity contribution in [3.8, 4) is 28.1 Å². The number of nitrogens with one attached hydrogen (secondary N) is 1. The van der Waals surface area contributed by atoms with Gasteiger partial charge in [-0.3, -0.25) is 0 Å². The molecule has 1 N–H and O–H groups in total. The fraction of sp³-hybridized carbons (Fsp3) is 0.154. The van der Waals surface area contributed by atoms with Gasteiger partial charge >= 0.3 is 6.09 Å². The van der Waals surface area contributed by atoms with Gasteiger partial charge in [-0.15, -0.1) is 0 Å². The number of nitrogens with zero attached hydrogens (tertiary/aromatic N) is 2. The second-order valence-electron chi connectivity index (χ2n) is 7.65. The maximum absolute atomic E-state index is 12.9. The number of hydrogen-bond acceptors (Lipinski definition) is 5. The van der Waals surface area contributed by atoms with Crippen LogP contribution in [0.15, 0.2) is 83.9 Å². The molecule has 0 bridgehead atoms. The van der Waals surface area contributed by atoms with Crippen molar-refractivity contribution in [1.82, 2.24) is 14.3 Å². The molecule has 9 heteroatoms. The molecular weight excluding hydrogens is 486 g/mol. The Morgan fingerprint density at radius 1 is 1.00 bits per heavy atom. The third-order valence-corrected chi connectivity index (χ3v) is 6.95. The van der Waals surface area contributed by atoms with Gasteiger partial charge < -0.3 is 9.30 Å². The zero-order valence-corrected chi connectivity index (χ0v) is 20.8. The molecule has 0 spiro atoms. The highest BCUT2D eigenvalue weighted by Crippen LogP contribution is 2.31. The van der Waals surface area contributed by atoms with Gasteiger partial charge in [0.2, 0.25) is 0 Å².